The number of ketones is 1. The molecule has 18 nitrogen and oxygen atoms in total. The van der Waals surface area contributed by atoms with Crippen molar-refractivity contribution in [1.29, 1.82) is 0 Å². The Morgan fingerprint density at radius 2 is 2.07 bits per heavy atom. The summed E-state index contributed by atoms with van der Waals surface area (Å²) in [5.74, 6) is -1.20. The Bertz CT molecular complexity index is 1630. The summed E-state index contributed by atoms with van der Waals surface area (Å²) in [6.45, 7) is 6.21. The number of nitrogens with zero attached hydrogens (tertiary/aromatic N) is 5. The number of quaternary nitrogens is 1. The zero-order chi connectivity index (χ0) is 34.1. The molecule has 0 radical (unpaired) electrons. The minimum absolute atomic E-state index is 0.0715. The lowest BCUT2D eigenvalue weighted by Gasteiger charge is -2.51. The van der Waals surface area contributed by atoms with Gasteiger partial charge in [-0.25, -0.2) is 18.3 Å². The Morgan fingerprint density at radius 1 is 1.35 bits per heavy atom. The summed E-state index contributed by atoms with van der Waals surface area (Å²) in [6, 6.07) is 3.59. The van der Waals surface area contributed by atoms with Crippen LogP contribution in [0.25, 0.3) is 0 Å². The number of aromatic nitrogens is 2. The second-order valence-electron chi connectivity index (χ2n) is 10.4. The molecule has 248 valence electrons. The van der Waals surface area contributed by atoms with Crippen molar-refractivity contribution in [3.05, 3.63) is 41.8 Å². The molecule has 5 N–H and O–H groups in total. The first-order valence-corrected chi connectivity index (χ1v) is 15.8. The monoisotopic (exact) mass is 681 g/mol. The van der Waals surface area contributed by atoms with Gasteiger partial charge < -0.3 is 25.6 Å². The van der Waals surface area contributed by atoms with Gasteiger partial charge >= 0.3 is 12.0 Å². The van der Waals surface area contributed by atoms with Gasteiger partial charge in [0.15, 0.2) is 40.9 Å². The SMILES string of the molecule is C[C@@H](COc1ccc([N+]2=C[NH+](CCCN)C=C2)nc1)O/N=C(\C(=O)C[C@@H]1C(=O)N(OS(=O)(=O)[O-])C1(C)C)c1csc(N)n1.O=C=O. The lowest BCUT2D eigenvalue weighted by Crippen LogP contribution is -3.06. The van der Waals surface area contributed by atoms with Crippen LogP contribution in [0.2, 0.25) is 0 Å². The Hall–Kier alpha value is -4.43. The van der Waals surface area contributed by atoms with Crippen molar-refractivity contribution < 1.29 is 55.5 Å². The molecule has 0 saturated carbocycles. The number of nitrogens with one attached hydrogen (secondary N) is 1. The third-order valence-electron chi connectivity index (χ3n) is 6.68. The first-order chi connectivity index (χ1) is 21.7. The highest BCUT2D eigenvalue weighted by molar-refractivity contribution is 7.80. The fourth-order valence-corrected chi connectivity index (χ4v) is 5.31. The quantitative estimate of drug-likeness (QED) is 0.0494. The minimum Gasteiger partial charge on any atom is -0.724 e. The van der Waals surface area contributed by atoms with Gasteiger partial charge in [-0.15, -0.1) is 11.3 Å². The van der Waals surface area contributed by atoms with E-state index in [4.69, 9.17) is 30.6 Å². The molecule has 1 fully saturated rings. The number of rotatable bonds is 15. The molecule has 1 unspecified atom stereocenters. The Labute approximate surface area is 267 Å². The summed E-state index contributed by atoms with van der Waals surface area (Å²) >= 11 is 1.08. The van der Waals surface area contributed by atoms with Crippen LogP contribution in [0.5, 0.6) is 5.75 Å². The van der Waals surface area contributed by atoms with E-state index in [1.54, 1.807) is 19.2 Å². The van der Waals surface area contributed by atoms with Crippen LogP contribution >= 0.6 is 11.3 Å². The summed E-state index contributed by atoms with van der Waals surface area (Å²) in [6.07, 6.45) is 7.72. The Balaban J connectivity index is 0.00000185. The zero-order valence-corrected chi connectivity index (χ0v) is 26.7. The number of thiazole rings is 1. The first-order valence-electron chi connectivity index (χ1n) is 13.6. The maximum Gasteiger partial charge on any atom is 0.373 e. The number of ether oxygens (including phenoxy) is 1. The molecule has 1 saturated heterocycles. The van der Waals surface area contributed by atoms with E-state index in [9.17, 15) is 22.6 Å². The van der Waals surface area contributed by atoms with E-state index in [2.05, 4.69) is 19.4 Å². The standard InChI is InChI=1S/C25H32N8O8S2.CO2/c1-16(13-39-17-5-6-21(28-12-17)32-10-9-31(15-32)8-4-7-26)40-30-22(19-14-42-24(27)29-19)20(34)11-18-23(35)33(25(18,2)3)41-43(36,37)38;2-1-3/h5-6,9-10,12,14-16,18H,4,7-8,11,13,26H2,1-3H3,(H2-,27,29,36,37,38);/p+1/b30-22-;/t16-,18+;/m0./s1. The predicted molar refractivity (Wildman–Crippen MR) is 158 cm³/mol. The molecule has 1 amide bonds. The average Bonchev–Trinajstić information content (AvgIpc) is 3.66. The number of hydrogen-bond donors (Lipinski definition) is 3. The molecule has 46 heavy (non-hydrogen) atoms. The van der Waals surface area contributed by atoms with Gasteiger partial charge in [0, 0.05) is 24.3 Å². The highest BCUT2D eigenvalue weighted by atomic mass is 32.3. The molecular formula is C26H33N8O10S2+. The molecule has 2 aromatic rings. The molecule has 0 bridgehead atoms. The molecule has 2 aromatic heterocycles. The van der Waals surface area contributed by atoms with Crippen molar-refractivity contribution in [2.24, 2.45) is 16.8 Å². The number of carbonyl (C=O) groups is 2. The van der Waals surface area contributed by atoms with Crippen LogP contribution in [0.15, 0.2) is 41.3 Å². The van der Waals surface area contributed by atoms with Gasteiger partial charge in [0.25, 0.3) is 12.2 Å². The number of pyridine rings is 1. The lowest BCUT2D eigenvalue weighted by atomic mass is 9.74. The number of hydroxylamine groups is 2. The topological polar surface area (TPSA) is 254 Å². The molecule has 2 aliphatic rings. The number of nitrogens with two attached hydrogens (primary N) is 2. The normalized spacial score (nSPS) is 19.3. The summed E-state index contributed by atoms with van der Waals surface area (Å²) in [5, 5.41) is 6.16. The highest BCUT2D eigenvalue weighted by Gasteiger charge is 2.57. The fraction of sp³-hybridized carbons (Fsp3) is 0.423. The van der Waals surface area contributed by atoms with Crippen LogP contribution < -0.4 is 21.1 Å². The number of oxime groups is 1. The van der Waals surface area contributed by atoms with Crippen molar-refractivity contribution in [2.45, 2.75) is 45.3 Å². The van der Waals surface area contributed by atoms with Gasteiger partial charge in [0.1, 0.15) is 18.5 Å². The Kier molecular flexibility index (Phi) is 12.3. The van der Waals surface area contributed by atoms with Crippen LogP contribution in [0.1, 0.15) is 39.3 Å². The third kappa shape index (κ3) is 9.54. The maximum absolute atomic E-state index is 13.2. The molecule has 4 rings (SSSR count). The second-order valence-corrected chi connectivity index (χ2v) is 12.3. The van der Waals surface area contributed by atoms with Crippen molar-refractivity contribution in [3.63, 3.8) is 0 Å². The van der Waals surface area contributed by atoms with Crippen molar-refractivity contribution >= 4 is 62.6 Å². The third-order valence-corrected chi connectivity index (χ3v) is 7.68. The van der Waals surface area contributed by atoms with Gasteiger partial charge in [-0.05, 0) is 38.4 Å². The van der Waals surface area contributed by atoms with Gasteiger partial charge in [-0.3, -0.25) is 9.59 Å². The van der Waals surface area contributed by atoms with E-state index < -0.39 is 39.7 Å². The van der Waals surface area contributed by atoms with Crippen molar-refractivity contribution in [2.75, 3.05) is 25.4 Å². The van der Waals surface area contributed by atoms with Crippen LogP contribution in [0.4, 0.5) is 10.9 Å². The number of hydrogen-bond acceptors (Lipinski definition) is 16. The number of anilines is 1. The van der Waals surface area contributed by atoms with Gasteiger partial charge in [-0.1, -0.05) is 5.16 Å². The van der Waals surface area contributed by atoms with E-state index in [0.29, 0.717) is 17.4 Å². The molecule has 0 aromatic carbocycles. The fourth-order valence-electron chi connectivity index (χ4n) is 4.32. The number of amides is 1. The summed E-state index contributed by atoms with van der Waals surface area (Å²) < 4.78 is 44.8. The van der Waals surface area contributed by atoms with Crippen LogP contribution in [0.3, 0.4) is 0 Å². The van der Waals surface area contributed by atoms with Crippen molar-refractivity contribution in [3.8, 4) is 5.75 Å². The van der Waals surface area contributed by atoms with E-state index in [1.807, 2.05) is 29.4 Å². The van der Waals surface area contributed by atoms with Crippen LogP contribution in [-0.2, 0) is 38.7 Å². The highest BCUT2D eigenvalue weighted by Crippen LogP contribution is 2.40. The molecule has 2 aliphatic heterocycles. The average molecular weight is 682 g/mol. The van der Waals surface area contributed by atoms with Crippen LogP contribution in [-0.4, -0.2) is 93.8 Å². The van der Waals surface area contributed by atoms with E-state index in [1.165, 1.54) is 24.1 Å². The largest absolute Gasteiger partial charge is 0.724 e. The summed E-state index contributed by atoms with van der Waals surface area (Å²) in [5.41, 5.74) is 10.0. The lowest BCUT2D eigenvalue weighted by molar-refractivity contribution is -0.746. The molecule has 20 heteroatoms. The first kappa shape index (κ1) is 36.0. The second kappa shape index (κ2) is 15.7. The Morgan fingerprint density at radius 3 is 2.63 bits per heavy atom. The van der Waals surface area contributed by atoms with Gasteiger partial charge in [0.2, 0.25) is 10.4 Å². The summed E-state index contributed by atoms with van der Waals surface area (Å²) in [4.78, 5) is 57.2. The maximum atomic E-state index is 13.2. The van der Waals surface area contributed by atoms with Gasteiger partial charge in [-0.2, -0.15) is 23.5 Å². The zero-order valence-electron chi connectivity index (χ0n) is 25.0. The van der Waals surface area contributed by atoms with Crippen molar-refractivity contribution in [1.82, 2.24) is 15.0 Å². The molecule has 4 heterocycles. The molecule has 0 aliphatic carbocycles. The molecule has 0 spiro atoms. The molecular weight excluding hydrogens is 648 g/mol. The summed E-state index contributed by atoms with van der Waals surface area (Å²) in [7, 11) is -5.17. The van der Waals surface area contributed by atoms with Crippen LogP contribution in [0, 0.1) is 5.92 Å². The number of nitrogen functional groups attached to an aromatic ring is 1. The number of Topliss-reactive ketones (excluding diaryl/α,β-unsaturated/α-hetero) is 1. The number of carbonyl (C=O) groups excluding carboxylic acids is 4. The predicted octanol–water partition coefficient (Wildman–Crippen LogP) is -1.30. The smallest absolute Gasteiger partial charge is 0.373 e. The minimum atomic E-state index is -5.17. The van der Waals surface area contributed by atoms with Gasteiger partial charge in [0.05, 0.1) is 18.0 Å². The van der Waals surface area contributed by atoms with E-state index in [0.717, 1.165) is 30.1 Å². The van der Waals surface area contributed by atoms with E-state index >= 15 is 0 Å². The molecule has 3 atom stereocenters. The number of β-lactam (4-membered cyclic amide) rings is 1. The van der Waals surface area contributed by atoms with E-state index in [-0.39, 0.29) is 35.7 Å².